The molecule has 1 aliphatic heterocycles. The number of amides is 2. The predicted octanol–water partition coefficient (Wildman–Crippen LogP) is 4.25. The third-order valence-electron chi connectivity index (χ3n) is 6.93. The Morgan fingerprint density at radius 3 is 2.57 bits per heavy atom. The number of pyridine rings is 2. The Hall–Kier alpha value is -4.77. The first-order valence-electron chi connectivity index (χ1n) is 13.8. The summed E-state index contributed by atoms with van der Waals surface area (Å²) in [5, 5.41) is 8.89. The van der Waals surface area contributed by atoms with Crippen LogP contribution in [0.1, 0.15) is 18.5 Å². The Morgan fingerprint density at radius 2 is 1.81 bits per heavy atom. The van der Waals surface area contributed by atoms with E-state index in [9.17, 15) is 9.59 Å². The van der Waals surface area contributed by atoms with Gasteiger partial charge in [0.2, 0.25) is 0 Å². The van der Waals surface area contributed by atoms with E-state index in [1.54, 1.807) is 43.8 Å². The van der Waals surface area contributed by atoms with Crippen LogP contribution in [0.3, 0.4) is 0 Å². The molecule has 0 saturated carbocycles. The van der Waals surface area contributed by atoms with E-state index in [0.29, 0.717) is 47.1 Å². The van der Waals surface area contributed by atoms with Crippen molar-refractivity contribution in [3.05, 3.63) is 78.5 Å². The van der Waals surface area contributed by atoms with E-state index >= 15 is 4.39 Å². The SMILES string of the molecule is COc1cc2c(Oc3ccc(NC(=O)C(=O)NCCc4ccccn4)cc3F)ccnc2cc1OCC1CCNCC1. The molecule has 0 atom stereocenters. The summed E-state index contributed by atoms with van der Waals surface area (Å²) in [4.78, 5) is 33.0. The molecule has 2 aromatic carbocycles. The van der Waals surface area contributed by atoms with Crippen molar-refractivity contribution in [2.45, 2.75) is 19.3 Å². The largest absolute Gasteiger partial charge is 0.493 e. The lowest BCUT2D eigenvalue weighted by atomic mass is 9.99. The molecule has 11 heteroatoms. The van der Waals surface area contributed by atoms with Crippen molar-refractivity contribution < 1.29 is 28.2 Å². The zero-order chi connectivity index (χ0) is 29.3. The second kappa shape index (κ2) is 13.7. The molecule has 42 heavy (non-hydrogen) atoms. The number of halogens is 1. The van der Waals surface area contributed by atoms with E-state index in [1.807, 2.05) is 12.1 Å². The molecule has 0 unspecified atom stereocenters. The number of methoxy groups -OCH3 is 1. The Morgan fingerprint density at radius 1 is 0.952 bits per heavy atom. The average Bonchev–Trinajstić information content (AvgIpc) is 3.02. The number of nitrogens with one attached hydrogen (secondary N) is 3. The number of benzene rings is 2. The molecular formula is C31H32FN5O5. The van der Waals surface area contributed by atoms with Crippen molar-refractivity contribution in [3.8, 4) is 23.0 Å². The Balaban J connectivity index is 1.22. The second-order valence-electron chi connectivity index (χ2n) is 9.86. The van der Waals surface area contributed by atoms with Gasteiger partial charge in [0.1, 0.15) is 5.75 Å². The highest BCUT2D eigenvalue weighted by Gasteiger charge is 2.18. The fourth-order valence-electron chi connectivity index (χ4n) is 4.64. The number of hydrogen-bond acceptors (Lipinski definition) is 8. The molecule has 0 aliphatic carbocycles. The summed E-state index contributed by atoms with van der Waals surface area (Å²) < 4.78 is 32.6. The Bertz CT molecular complexity index is 1550. The lowest BCUT2D eigenvalue weighted by Crippen LogP contribution is -2.36. The van der Waals surface area contributed by atoms with Crippen molar-refractivity contribution in [3.63, 3.8) is 0 Å². The maximum absolute atomic E-state index is 15.0. The maximum atomic E-state index is 15.0. The van der Waals surface area contributed by atoms with E-state index in [4.69, 9.17) is 14.2 Å². The molecule has 0 spiro atoms. The summed E-state index contributed by atoms with van der Waals surface area (Å²) in [6.45, 7) is 2.79. The minimum atomic E-state index is -0.908. The fraction of sp³-hybridized carbons (Fsp3) is 0.290. The van der Waals surface area contributed by atoms with E-state index < -0.39 is 17.6 Å². The van der Waals surface area contributed by atoms with Gasteiger partial charge < -0.3 is 30.2 Å². The van der Waals surface area contributed by atoms with Crippen LogP contribution in [0.15, 0.2) is 67.0 Å². The van der Waals surface area contributed by atoms with Gasteiger partial charge in [0, 0.05) is 54.3 Å². The summed E-state index contributed by atoms with van der Waals surface area (Å²) in [6.07, 6.45) is 5.81. The summed E-state index contributed by atoms with van der Waals surface area (Å²) in [7, 11) is 1.56. The highest BCUT2D eigenvalue weighted by molar-refractivity contribution is 6.39. The molecule has 2 aromatic heterocycles. The standard InChI is InChI=1S/C31H32FN5O5/c1-40-28-17-23-25(18-29(28)41-19-20-7-12-33-13-8-20)35-15-10-26(23)42-27-6-5-22(16-24(27)32)37-31(39)30(38)36-14-9-21-4-2-3-11-34-21/h2-6,10-11,15-18,20,33H,7-9,12-14,19H2,1H3,(H,36,38)(H,37,39). The van der Waals surface area contributed by atoms with Gasteiger partial charge >= 0.3 is 11.8 Å². The van der Waals surface area contributed by atoms with Crippen molar-refractivity contribution in [1.29, 1.82) is 0 Å². The summed E-state index contributed by atoms with van der Waals surface area (Å²) >= 11 is 0. The smallest absolute Gasteiger partial charge is 0.313 e. The number of carbonyl (C=O) groups is 2. The van der Waals surface area contributed by atoms with Crippen molar-refractivity contribution in [2.24, 2.45) is 5.92 Å². The Kier molecular flexibility index (Phi) is 9.40. The van der Waals surface area contributed by atoms with Crippen LogP contribution in [0.25, 0.3) is 10.9 Å². The van der Waals surface area contributed by atoms with Gasteiger partial charge in [-0.05, 0) is 68.2 Å². The van der Waals surface area contributed by atoms with Crippen LogP contribution in [-0.2, 0) is 16.0 Å². The number of carbonyl (C=O) groups excluding carboxylic acids is 2. The third kappa shape index (κ3) is 7.29. The number of fused-ring (bicyclic) bond motifs is 1. The maximum Gasteiger partial charge on any atom is 0.313 e. The Labute approximate surface area is 242 Å². The molecule has 10 nitrogen and oxygen atoms in total. The molecule has 0 radical (unpaired) electrons. The molecule has 1 fully saturated rings. The minimum absolute atomic E-state index is 0.0643. The van der Waals surface area contributed by atoms with Crippen LogP contribution in [0.4, 0.5) is 10.1 Å². The van der Waals surface area contributed by atoms with E-state index in [-0.39, 0.29) is 18.0 Å². The number of piperidine rings is 1. The van der Waals surface area contributed by atoms with E-state index in [2.05, 4.69) is 25.9 Å². The van der Waals surface area contributed by atoms with Gasteiger partial charge in [0.05, 0.1) is 19.2 Å². The summed E-state index contributed by atoms with van der Waals surface area (Å²) in [5.74, 6) is -0.584. The van der Waals surface area contributed by atoms with Crippen LogP contribution in [-0.4, -0.2) is 55.1 Å². The second-order valence-corrected chi connectivity index (χ2v) is 9.86. The van der Waals surface area contributed by atoms with Crippen molar-refractivity contribution >= 4 is 28.4 Å². The van der Waals surface area contributed by atoms with Gasteiger partial charge in [-0.25, -0.2) is 4.39 Å². The molecule has 4 aromatic rings. The van der Waals surface area contributed by atoms with Crippen LogP contribution in [0, 0.1) is 11.7 Å². The summed E-state index contributed by atoms with van der Waals surface area (Å²) in [6, 6.07) is 14.6. The highest BCUT2D eigenvalue weighted by Crippen LogP contribution is 2.38. The fourth-order valence-corrected chi connectivity index (χ4v) is 4.64. The van der Waals surface area contributed by atoms with Crippen LogP contribution < -0.4 is 30.2 Å². The monoisotopic (exact) mass is 573 g/mol. The number of anilines is 1. The number of rotatable bonds is 10. The molecule has 3 heterocycles. The number of aromatic nitrogens is 2. The lowest BCUT2D eigenvalue weighted by Gasteiger charge is -2.23. The minimum Gasteiger partial charge on any atom is -0.493 e. The third-order valence-corrected chi connectivity index (χ3v) is 6.93. The normalized spacial score (nSPS) is 13.4. The lowest BCUT2D eigenvalue weighted by molar-refractivity contribution is -0.136. The van der Waals surface area contributed by atoms with Crippen LogP contribution in [0.2, 0.25) is 0 Å². The average molecular weight is 574 g/mol. The molecular weight excluding hydrogens is 541 g/mol. The van der Waals surface area contributed by atoms with Gasteiger partial charge in [-0.2, -0.15) is 0 Å². The van der Waals surface area contributed by atoms with Gasteiger partial charge in [0.15, 0.2) is 23.1 Å². The van der Waals surface area contributed by atoms with Crippen LogP contribution >= 0.6 is 0 Å². The van der Waals surface area contributed by atoms with Gasteiger partial charge in [-0.1, -0.05) is 6.07 Å². The van der Waals surface area contributed by atoms with Crippen molar-refractivity contribution in [2.75, 3.05) is 38.7 Å². The molecule has 1 aliphatic rings. The first-order valence-corrected chi connectivity index (χ1v) is 13.8. The molecule has 1 saturated heterocycles. The number of ether oxygens (including phenoxy) is 3. The van der Waals surface area contributed by atoms with Gasteiger partial charge in [0.25, 0.3) is 0 Å². The summed E-state index contributed by atoms with van der Waals surface area (Å²) in [5.41, 5.74) is 1.51. The molecule has 218 valence electrons. The zero-order valence-electron chi connectivity index (χ0n) is 23.2. The zero-order valence-corrected chi connectivity index (χ0v) is 23.2. The van der Waals surface area contributed by atoms with E-state index in [1.165, 1.54) is 12.1 Å². The van der Waals surface area contributed by atoms with Gasteiger partial charge in [-0.3, -0.25) is 19.6 Å². The predicted molar refractivity (Wildman–Crippen MR) is 155 cm³/mol. The molecule has 2 amide bonds. The molecule has 3 N–H and O–H groups in total. The number of hydrogen-bond donors (Lipinski definition) is 3. The topological polar surface area (TPSA) is 124 Å². The first kappa shape index (κ1) is 28.7. The molecule has 0 bridgehead atoms. The van der Waals surface area contributed by atoms with Crippen molar-refractivity contribution in [1.82, 2.24) is 20.6 Å². The molecule has 5 rings (SSSR count). The van der Waals surface area contributed by atoms with Crippen LogP contribution in [0.5, 0.6) is 23.0 Å². The number of nitrogens with zero attached hydrogens (tertiary/aromatic N) is 2. The van der Waals surface area contributed by atoms with E-state index in [0.717, 1.165) is 37.7 Å². The first-order chi connectivity index (χ1) is 20.5. The quantitative estimate of drug-likeness (QED) is 0.241. The van der Waals surface area contributed by atoms with Gasteiger partial charge in [-0.15, -0.1) is 0 Å². The highest BCUT2D eigenvalue weighted by atomic mass is 19.1.